The van der Waals surface area contributed by atoms with Gasteiger partial charge in [-0.15, -0.1) is 0 Å². The molecule has 0 aliphatic carbocycles. The molecule has 2 nitrogen and oxygen atoms in total. The molecule has 0 aromatic heterocycles. The normalized spacial score (nSPS) is 33.8. The fourth-order valence-corrected chi connectivity index (χ4v) is 1.46. The van der Waals surface area contributed by atoms with Crippen molar-refractivity contribution in [1.82, 2.24) is 10.6 Å². The molecule has 0 aromatic rings. The second-order valence-corrected chi connectivity index (χ2v) is 4.64. The highest BCUT2D eigenvalue weighted by Crippen LogP contribution is 2.20. The largest absolute Gasteiger partial charge is 0.314 e. The number of piperazine rings is 1. The second kappa shape index (κ2) is 3.11. The molecule has 1 aliphatic rings. The van der Waals surface area contributed by atoms with Crippen molar-refractivity contribution < 1.29 is 0 Å². The third kappa shape index (κ3) is 2.46. The maximum absolute atomic E-state index is 3.59. The number of hydrogen-bond acceptors (Lipinski definition) is 2. The van der Waals surface area contributed by atoms with Crippen LogP contribution in [0.15, 0.2) is 0 Å². The van der Waals surface area contributed by atoms with Gasteiger partial charge in [0.05, 0.1) is 0 Å². The van der Waals surface area contributed by atoms with Crippen LogP contribution in [-0.2, 0) is 0 Å². The summed E-state index contributed by atoms with van der Waals surface area (Å²) in [4.78, 5) is 0. The van der Waals surface area contributed by atoms with Gasteiger partial charge in [0.2, 0.25) is 0 Å². The summed E-state index contributed by atoms with van der Waals surface area (Å²) in [7, 11) is 0. The predicted octanol–water partition coefficient (Wildman–Crippen LogP) is 0.982. The molecule has 66 valence electrons. The maximum atomic E-state index is 3.59. The lowest BCUT2D eigenvalue weighted by Crippen LogP contribution is -2.58. The number of hydrogen-bond donors (Lipinski definition) is 2. The van der Waals surface area contributed by atoms with Gasteiger partial charge in [-0.05, 0) is 12.3 Å². The topological polar surface area (TPSA) is 24.1 Å². The van der Waals surface area contributed by atoms with Crippen LogP contribution in [0.3, 0.4) is 0 Å². The van der Waals surface area contributed by atoms with Crippen molar-refractivity contribution in [2.24, 2.45) is 5.41 Å². The Morgan fingerprint density at radius 3 is 2.18 bits per heavy atom. The van der Waals surface area contributed by atoms with E-state index in [4.69, 9.17) is 0 Å². The van der Waals surface area contributed by atoms with Gasteiger partial charge in [0, 0.05) is 25.2 Å². The number of nitrogens with one attached hydrogen (secondary N) is 2. The van der Waals surface area contributed by atoms with E-state index in [1.54, 1.807) is 0 Å². The molecule has 0 spiro atoms. The molecule has 0 bridgehead atoms. The van der Waals surface area contributed by atoms with E-state index in [0.29, 0.717) is 17.5 Å². The summed E-state index contributed by atoms with van der Waals surface area (Å²) in [6.07, 6.45) is 0. The smallest absolute Gasteiger partial charge is 0.0243 e. The summed E-state index contributed by atoms with van der Waals surface area (Å²) in [5, 5.41) is 7.02. The van der Waals surface area contributed by atoms with Gasteiger partial charge in [-0.3, -0.25) is 0 Å². The summed E-state index contributed by atoms with van der Waals surface area (Å²) in [5.41, 5.74) is 0.377. The summed E-state index contributed by atoms with van der Waals surface area (Å²) in [5.74, 6) is 0. The number of rotatable bonds is 0. The molecule has 0 amide bonds. The van der Waals surface area contributed by atoms with Gasteiger partial charge in [-0.1, -0.05) is 20.8 Å². The molecular weight excluding hydrogens is 136 g/mol. The molecule has 11 heavy (non-hydrogen) atoms. The molecule has 1 heterocycles. The average molecular weight is 156 g/mol. The first-order valence-corrected chi connectivity index (χ1v) is 4.47. The first kappa shape index (κ1) is 9.01. The van der Waals surface area contributed by atoms with Crippen LogP contribution < -0.4 is 10.6 Å². The van der Waals surface area contributed by atoms with E-state index in [2.05, 4.69) is 38.3 Å². The highest BCUT2D eigenvalue weighted by molar-refractivity contribution is 4.88. The summed E-state index contributed by atoms with van der Waals surface area (Å²) in [6.45, 7) is 11.3. The molecule has 2 N–H and O–H groups in total. The molecule has 1 unspecified atom stereocenters. The Hall–Kier alpha value is -0.0800. The van der Waals surface area contributed by atoms with Crippen LogP contribution in [0.25, 0.3) is 0 Å². The van der Waals surface area contributed by atoms with E-state index >= 15 is 0 Å². The third-order valence-corrected chi connectivity index (χ3v) is 2.33. The van der Waals surface area contributed by atoms with Crippen molar-refractivity contribution in [3.8, 4) is 0 Å². The highest BCUT2D eigenvalue weighted by Gasteiger charge is 2.27. The van der Waals surface area contributed by atoms with Crippen LogP contribution >= 0.6 is 0 Å². The van der Waals surface area contributed by atoms with Gasteiger partial charge in [0.1, 0.15) is 0 Å². The quantitative estimate of drug-likeness (QED) is 0.546. The molecule has 1 aliphatic heterocycles. The fourth-order valence-electron chi connectivity index (χ4n) is 1.46. The van der Waals surface area contributed by atoms with E-state index < -0.39 is 0 Å². The Bertz CT molecular complexity index is 126. The van der Waals surface area contributed by atoms with Gasteiger partial charge >= 0.3 is 0 Å². The zero-order valence-corrected chi connectivity index (χ0v) is 8.07. The van der Waals surface area contributed by atoms with E-state index in [9.17, 15) is 0 Å². The molecular formula is C9H20N2. The third-order valence-electron chi connectivity index (χ3n) is 2.33. The lowest BCUT2D eigenvalue weighted by atomic mass is 9.85. The average Bonchev–Trinajstić information content (AvgIpc) is 1.86. The van der Waals surface area contributed by atoms with Crippen molar-refractivity contribution in [2.45, 2.75) is 39.8 Å². The minimum atomic E-state index is 0.377. The molecule has 0 saturated carbocycles. The van der Waals surface area contributed by atoms with E-state index in [0.717, 1.165) is 13.1 Å². The van der Waals surface area contributed by atoms with E-state index in [1.165, 1.54) is 0 Å². The Morgan fingerprint density at radius 1 is 1.18 bits per heavy atom. The van der Waals surface area contributed by atoms with Gasteiger partial charge in [-0.2, -0.15) is 0 Å². The monoisotopic (exact) mass is 156 g/mol. The Kier molecular flexibility index (Phi) is 2.55. The SMILES string of the molecule is CC1CNC[C@H](C(C)(C)C)N1. The van der Waals surface area contributed by atoms with Gasteiger partial charge in [-0.25, -0.2) is 0 Å². The molecule has 1 fully saturated rings. The summed E-state index contributed by atoms with van der Waals surface area (Å²) in [6, 6.07) is 1.24. The first-order valence-electron chi connectivity index (χ1n) is 4.47. The molecule has 0 radical (unpaired) electrons. The Labute approximate surface area is 69.8 Å². The Morgan fingerprint density at radius 2 is 1.82 bits per heavy atom. The summed E-state index contributed by atoms with van der Waals surface area (Å²) < 4.78 is 0. The lowest BCUT2D eigenvalue weighted by Gasteiger charge is -2.38. The van der Waals surface area contributed by atoms with Crippen molar-refractivity contribution in [3.63, 3.8) is 0 Å². The van der Waals surface area contributed by atoms with Crippen LogP contribution in [-0.4, -0.2) is 25.2 Å². The first-order chi connectivity index (χ1) is 5.00. The van der Waals surface area contributed by atoms with Crippen molar-refractivity contribution in [3.05, 3.63) is 0 Å². The predicted molar refractivity (Wildman–Crippen MR) is 48.7 cm³/mol. The van der Waals surface area contributed by atoms with Crippen LogP contribution in [0.4, 0.5) is 0 Å². The van der Waals surface area contributed by atoms with Crippen LogP contribution in [0.2, 0.25) is 0 Å². The van der Waals surface area contributed by atoms with Crippen LogP contribution in [0, 0.1) is 5.41 Å². The van der Waals surface area contributed by atoms with Crippen LogP contribution in [0.5, 0.6) is 0 Å². The van der Waals surface area contributed by atoms with Crippen molar-refractivity contribution in [2.75, 3.05) is 13.1 Å². The van der Waals surface area contributed by atoms with Crippen molar-refractivity contribution in [1.29, 1.82) is 0 Å². The van der Waals surface area contributed by atoms with Gasteiger partial charge in [0.15, 0.2) is 0 Å². The molecule has 1 saturated heterocycles. The lowest BCUT2D eigenvalue weighted by molar-refractivity contribution is 0.212. The van der Waals surface area contributed by atoms with Crippen LogP contribution in [0.1, 0.15) is 27.7 Å². The minimum Gasteiger partial charge on any atom is -0.314 e. The molecule has 2 heteroatoms. The standard InChI is InChI=1S/C9H20N2/c1-7-5-10-6-8(11-7)9(2,3)4/h7-8,10-11H,5-6H2,1-4H3/t7?,8-/m1/s1. The minimum absolute atomic E-state index is 0.377. The highest BCUT2D eigenvalue weighted by atomic mass is 15.1. The Balaban J connectivity index is 2.46. The van der Waals surface area contributed by atoms with Crippen molar-refractivity contribution >= 4 is 0 Å². The maximum Gasteiger partial charge on any atom is 0.0243 e. The van der Waals surface area contributed by atoms with Gasteiger partial charge in [0.25, 0.3) is 0 Å². The van der Waals surface area contributed by atoms with E-state index in [1.807, 2.05) is 0 Å². The molecule has 2 atom stereocenters. The summed E-state index contributed by atoms with van der Waals surface area (Å²) >= 11 is 0. The van der Waals surface area contributed by atoms with Gasteiger partial charge < -0.3 is 10.6 Å². The zero-order chi connectivity index (χ0) is 8.48. The zero-order valence-electron chi connectivity index (χ0n) is 8.07. The fraction of sp³-hybridized carbons (Fsp3) is 1.00. The molecule has 1 rings (SSSR count). The second-order valence-electron chi connectivity index (χ2n) is 4.64. The van der Waals surface area contributed by atoms with E-state index in [-0.39, 0.29) is 0 Å². The molecule has 0 aromatic carbocycles.